The Morgan fingerprint density at radius 1 is 1.50 bits per heavy atom. The van der Waals surface area contributed by atoms with Crippen LogP contribution in [0.1, 0.15) is 38.3 Å². The lowest BCUT2D eigenvalue weighted by Gasteiger charge is -2.29. The van der Waals surface area contributed by atoms with Crippen LogP contribution >= 0.6 is 0 Å². The average Bonchev–Trinajstić information content (AvgIpc) is 2.94. The first-order valence-electron chi connectivity index (χ1n) is 7.22. The zero-order valence-corrected chi connectivity index (χ0v) is 12.4. The van der Waals surface area contributed by atoms with E-state index in [2.05, 4.69) is 0 Å². The van der Waals surface area contributed by atoms with Crippen molar-refractivity contribution in [2.75, 3.05) is 13.7 Å². The number of hydrogen-bond acceptors (Lipinski definition) is 3. The normalized spacial score (nSPS) is 23.6. The second kappa shape index (κ2) is 6.27. The van der Waals surface area contributed by atoms with Crippen molar-refractivity contribution in [1.29, 1.82) is 0 Å². The molecule has 0 saturated carbocycles. The van der Waals surface area contributed by atoms with Gasteiger partial charge in [-0.15, -0.1) is 0 Å². The number of phenolic OH excluding ortho intramolecular Hbond substituents is 1. The van der Waals surface area contributed by atoms with Gasteiger partial charge in [0.15, 0.2) is 0 Å². The molecule has 0 radical (unpaired) electrons. The molecule has 3 unspecified atom stereocenters. The van der Waals surface area contributed by atoms with Gasteiger partial charge < -0.3 is 14.7 Å². The van der Waals surface area contributed by atoms with Gasteiger partial charge in [0.1, 0.15) is 5.75 Å². The van der Waals surface area contributed by atoms with E-state index in [0.29, 0.717) is 6.61 Å². The molecule has 0 bridgehead atoms. The summed E-state index contributed by atoms with van der Waals surface area (Å²) in [5.41, 5.74) is 0.773. The second-order valence-electron chi connectivity index (χ2n) is 5.40. The minimum absolute atomic E-state index is 0.0292. The summed E-state index contributed by atoms with van der Waals surface area (Å²) in [6.45, 7) is 4.64. The summed E-state index contributed by atoms with van der Waals surface area (Å²) in [6, 6.07) is 7.01. The van der Waals surface area contributed by atoms with Gasteiger partial charge in [-0.1, -0.05) is 25.1 Å². The maximum Gasteiger partial charge on any atom is 0.228 e. The minimum Gasteiger partial charge on any atom is -0.508 e. The average molecular weight is 277 g/mol. The fourth-order valence-corrected chi connectivity index (χ4v) is 2.84. The molecule has 4 nitrogen and oxygen atoms in total. The van der Waals surface area contributed by atoms with Crippen molar-refractivity contribution in [1.82, 2.24) is 4.90 Å². The first-order chi connectivity index (χ1) is 9.56. The molecule has 0 aromatic heterocycles. The van der Waals surface area contributed by atoms with Crippen molar-refractivity contribution in [3.63, 3.8) is 0 Å². The van der Waals surface area contributed by atoms with Crippen LogP contribution in [0, 0.1) is 5.92 Å². The monoisotopic (exact) mass is 277 g/mol. The molecule has 0 aliphatic carbocycles. The molecule has 1 aromatic rings. The maximum absolute atomic E-state index is 12.6. The van der Waals surface area contributed by atoms with Crippen molar-refractivity contribution in [2.24, 2.45) is 5.92 Å². The van der Waals surface area contributed by atoms with Gasteiger partial charge in [-0.05, 0) is 25.8 Å². The van der Waals surface area contributed by atoms with Crippen molar-refractivity contribution in [3.8, 4) is 5.75 Å². The smallest absolute Gasteiger partial charge is 0.228 e. The highest BCUT2D eigenvalue weighted by molar-refractivity contribution is 5.80. The molecule has 20 heavy (non-hydrogen) atoms. The Morgan fingerprint density at radius 3 is 2.85 bits per heavy atom. The number of carbonyl (C=O) groups excluding carboxylic acids is 1. The summed E-state index contributed by atoms with van der Waals surface area (Å²) in [5.74, 6) is 0.276. The fraction of sp³-hybridized carbons (Fsp3) is 0.562. The van der Waals surface area contributed by atoms with Crippen molar-refractivity contribution < 1.29 is 14.6 Å². The zero-order valence-electron chi connectivity index (χ0n) is 12.4. The first-order valence-corrected chi connectivity index (χ1v) is 7.22. The molecule has 1 aliphatic rings. The summed E-state index contributed by atoms with van der Waals surface area (Å²) in [4.78, 5) is 14.3. The number of rotatable bonds is 4. The quantitative estimate of drug-likeness (QED) is 0.920. The number of para-hydroxylation sites is 1. The predicted molar refractivity (Wildman–Crippen MR) is 77.4 cm³/mol. The van der Waals surface area contributed by atoms with Crippen LogP contribution < -0.4 is 0 Å². The SMILES string of the molecule is CCC1OCCC1C(=O)N(C)C(C)c1ccccc1O. The van der Waals surface area contributed by atoms with Gasteiger partial charge in [0, 0.05) is 19.2 Å². The van der Waals surface area contributed by atoms with E-state index in [4.69, 9.17) is 4.74 Å². The third-order valence-corrected chi connectivity index (χ3v) is 4.24. The molecule has 0 spiro atoms. The number of hydrogen-bond donors (Lipinski definition) is 1. The Bertz CT molecular complexity index is 475. The molecule has 1 aromatic carbocycles. The molecule has 2 rings (SSSR count). The number of benzene rings is 1. The summed E-state index contributed by atoms with van der Waals surface area (Å²) in [7, 11) is 1.80. The minimum atomic E-state index is -0.151. The molecular weight excluding hydrogens is 254 g/mol. The van der Waals surface area contributed by atoms with Gasteiger partial charge in [0.25, 0.3) is 0 Å². The Balaban J connectivity index is 2.12. The van der Waals surface area contributed by atoms with E-state index in [9.17, 15) is 9.90 Å². The summed E-state index contributed by atoms with van der Waals surface area (Å²) < 4.78 is 5.60. The van der Waals surface area contributed by atoms with Gasteiger partial charge in [0.05, 0.1) is 18.1 Å². The van der Waals surface area contributed by atoms with E-state index in [0.717, 1.165) is 18.4 Å². The Kier molecular flexibility index (Phi) is 4.65. The van der Waals surface area contributed by atoms with Crippen LogP contribution in [0.15, 0.2) is 24.3 Å². The van der Waals surface area contributed by atoms with Gasteiger partial charge in [-0.25, -0.2) is 0 Å². The van der Waals surface area contributed by atoms with Crippen LogP contribution in [0.4, 0.5) is 0 Å². The molecule has 1 fully saturated rings. The maximum atomic E-state index is 12.6. The van der Waals surface area contributed by atoms with Gasteiger partial charge in [0.2, 0.25) is 5.91 Å². The highest BCUT2D eigenvalue weighted by Gasteiger charge is 2.36. The number of phenols is 1. The predicted octanol–water partition coefficient (Wildman–Crippen LogP) is 2.73. The summed E-state index contributed by atoms with van der Waals surface area (Å²) in [6.07, 6.45) is 1.67. The molecule has 4 heteroatoms. The second-order valence-corrected chi connectivity index (χ2v) is 5.40. The standard InChI is InChI=1S/C16H23NO3/c1-4-15-13(9-10-20-15)16(19)17(3)11(2)12-7-5-6-8-14(12)18/h5-8,11,13,15,18H,4,9-10H2,1-3H3. The van der Waals surface area contributed by atoms with E-state index >= 15 is 0 Å². The Morgan fingerprint density at radius 2 is 2.20 bits per heavy atom. The lowest BCUT2D eigenvalue weighted by Crippen LogP contribution is -2.38. The summed E-state index contributed by atoms with van der Waals surface area (Å²) in [5, 5.41) is 9.91. The molecule has 1 aliphatic heterocycles. The molecule has 110 valence electrons. The molecule has 1 amide bonds. The van der Waals surface area contributed by atoms with Crippen LogP contribution in [-0.2, 0) is 9.53 Å². The third kappa shape index (κ3) is 2.80. The number of carbonyl (C=O) groups is 1. The van der Waals surface area contributed by atoms with E-state index in [-0.39, 0.29) is 29.7 Å². The van der Waals surface area contributed by atoms with Crippen LogP contribution in [0.3, 0.4) is 0 Å². The topological polar surface area (TPSA) is 49.8 Å². The lowest BCUT2D eigenvalue weighted by atomic mass is 9.96. The number of aromatic hydroxyl groups is 1. The summed E-state index contributed by atoms with van der Waals surface area (Å²) >= 11 is 0. The fourth-order valence-electron chi connectivity index (χ4n) is 2.84. The van der Waals surface area contributed by atoms with E-state index in [1.54, 1.807) is 24.1 Å². The van der Waals surface area contributed by atoms with Crippen LogP contribution in [0.5, 0.6) is 5.75 Å². The van der Waals surface area contributed by atoms with Gasteiger partial charge in [-0.3, -0.25) is 4.79 Å². The van der Waals surface area contributed by atoms with E-state index in [1.807, 2.05) is 26.0 Å². The van der Waals surface area contributed by atoms with Gasteiger partial charge >= 0.3 is 0 Å². The largest absolute Gasteiger partial charge is 0.508 e. The Hall–Kier alpha value is -1.55. The van der Waals surface area contributed by atoms with Gasteiger partial charge in [-0.2, -0.15) is 0 Å². The lowest BCUT2D eigenvalue weighted by molar-refractivity contribution is -0.138. The van der Waals surface area contributed by atoms with Crippen LogP contribution in [0.2, 0.25) is 0 Å². The van der Waals surface area contributed by atoms with Crippen LogP contribution in [0.25, 0.3) is 0 Å². The molecule has 1 N–H and O–H groups in total. The van der Waals surface area contributed by atoms with Crippen molar-refractivity contribution >= 4 is 5.91 Å². The molecule has 1 saturated heterocycles. The highest BCUT2D eigenvalue weighted by atomic mass is 16.5. The number of ether oxygens (including phenoxy) is 1. The zero-order chi connectivity index (χ0) is 14.7. The number of nitrogens with zero attached hydrogens (tertiary/aromatic N) is 1. The van der Waals surface area contributed by atoms with Crippen LogP contribution in [-0.4, -0.2) is 35.7 Å². The van der Waals surface area contributed by atoms with Crippen molar-refractivity contribution in [2.45, 2.75) is 38.8 Å². The molecule has 3 atom stereocenters. The Labute approximate surface area is 120 Å². The van der Waals surface area contributed by atoms with E-state index < -0.39 is 0 Å². The third-order valence-electron chi connectivity index (χ3n) is 4.24. The molecule has 1 heterocycles. The van der Waals surface area contributed by atoms with Crippen molar-refractivity contribution in [3.05, 3.63) is 29.8 Å². The molecular formula is C16H23NO3. The highest BCUT2D eigenvalue weighted by Crippen LogP contribution is 2.31. The van der Waals surface area contributed by atoms with E-state index in [1.165, 1.54) is 0 Å². The first kappa shape index (κ1) is 14.9. The number of amides is 1.